The highest BCUT2D eigenvalue weighted by atomic mass is 16.3. The van der Waals surface area contributed by atoms with E-state index >= 15 is 0 Å². The van der Waals surface area contributed by atoms with Crippen LogP contribution in [0.2, 0.25) is 0 Å². The Hall–Kier alpha value is -1.97. The summed E-state index contributed by atoms with van der Waals surface area (Å²) in [7, 11) is 0. The largest absolute Gasteiger partial charge is 0.507 e. The predicted molar refractivity (Wildman–Crippen MR) is 64.8 cm³/mol. The third-order valence-electron chi connectivity index (χ3n) is 3.30. The number of fused-ring (bicyclic) bond motifs is 1. The summed E-state index contributed by atoms with van der Waals surface area (Å²) >= 11 is 0. The predicted octanol–water partition coefficient (Wildman–Crippen LogP) is 2.15. The second-order valence-electron chi connectivity index (χ2n) is 5.07. The molecule has 94 valence electrons. The maximum absolute atomic E-state index is 12.4. The quantitative estimate of drug-likeness (QED) is 0.867. The summed E-state index contributed by atoms with van der Waals surface area (Å²) in [5.74, 6) is -0.826. The molecule has 1 aliphatic rings. The van der Waals surface area contributed by atoms with Gasteiger partial charge >= 0.3 is 0 Å². The van der Waals surface area contributed by atoms with Gasteiger partial charge in [-0.3, -0.25) is 14.4 Å². The molecule has 0 bridgehead atoms. The molecule has 0 heterocycles. The minimum Gasteiger partial charge on any atom is -0.507 e. The summed E-state index contributed by atoms with van der Waals surface area (Å²) in [5.41, 5.74) is -0.678. The number of Topliss-reactive ketones (excluding diaryl/α,β-unsaturated/α-hetero) is 3. The van der Waals surface area contributed by atoms with Crippen LogP contribution in [-0.4, -0.2) is 22.5 Å². The maximum Gasteiger partial charge on any atom is 0.170 e. The van der Waals surface area contributed by atoms with Gasteiger partial charge in [-0.1, -0.05) is 19.1 Å². The lowest BCUT2D eigenvalue weighted by Crippen LogP contribution is -2.37. The van der Waals surface area contributed by atoms with Crippen LogP contribution in [-0.2, 0) is 4.79 Å². The zero-order chi connectivity index (χ0) is 13.5. The first-order valence-electron chi connectivity index (χ1n) is 5.74. The Morgan fingerprint density at radius 2 is 2.06 bits per heavy atom. The summed E-state index contributed by atoms with van der Waals surface area (Å²) in [4.78, 5) is 35.6. The van der Waals surface area contributed by atoms with Crippen LogP contribution in [0.15, 0.2) is 18.2 Å². The van der Waals surface area contributed by atoms with E-state index in [1.165, 1.54) is 25.1 Å². The zero-order valence-electron chi connectivity index (χ0n) is 10.3. The van der Waals surface area contributed by atoms with Crippen molar-refractivity contribution in [2.75, 3.05) is 0 Å². The highest BCUT2D eigenvalue weighted by Crippen LogP contribution is 2.40. The van der Waals surface area contributed by atoms with Gasteiger partial charge in [0.15, 0.2) is 11.6 Å². The van der Waals surface area contributed by atoms with E-state index in [0.717, 1.165) is 0 Å². The summed E-state index contributed by atoms with van der Waals surface area (Å²) < 4.78 is 0. The molecule has 2 rings (SSSR count). The third-order valence-corrected chi connectivity index (χ3v) is 3.30. The van der Waals surface area contributed by atoms with E-state index < -0.39 is 5.41 Å². The van der Waals surface area contributed by atoms with Crippen molar-refractivity contribution < 1.29 is 19.5 Å². The van der Waals surface area contributed by atoms with Gasteiger partial charge in [-0.05, 0) is 13.0 Å². The van der Waals surface area contributed by atoms with E-state index in [9.17, 15) is 19.5 Å². The van der Waals surface area contributed by atoms with Crippen LogP contribution in [0.25, 0.3) is 0 Å². The van der Waals surface area contributed by atoms with Crippen molar-refractivity contribution in [3.8, 4) is 5.75 Å². The Labute approximate surface area is 105 Å². The molecule has 1 aromatic carbocycles. The van der Waals surface area contributed by atoms with Crippen LogP contribution >= 0.6 is 0 Å². The van der Waals surface area contributed by atoms with Gasteiger partial charge in [0.2, 0.25) is 0 Å². The molecule has 0 saturated carbocycles. The van der Waals surface area contributed by atoms with Crippen molar-refractivity contribution in [1.29, 1.82) is 0 Å². The Morgan fingerprint density at radius 3 is 2.67 bits per heavy atom. The standard InChI is InChI=1S/C14H14O4/c1-8(15)6-14(2)7-11(17)12-9(13(14)18)4-3-5-10(12)16/h3-5,16H,6-7H2,1-2H3. The lowest BCUT2D eigenvalue weighted by molar-refractivity contribution is -0.118. The normalized spacial score (nSPS) is 22.8. The number of rotatable bonds is 2. The molecule has 1 aliphatic carbocycles. The lowest BCUT2D eigenvalue weighted by atomic mass is 9.68. The van der Waals surface area contributed by atoms with E-state index in [2.05, 4.69) is 0 Å². The van der Waals surface area contributed by atoms with Gasteiger partial charge in [0, 0.05) is 23.8 Å². The molecule has 18 heavy (non-hydrogen) atoms. The number of carbonyl (C=O) groups excluding carboxylic acids is 3. The first-order valence-corrected chi connectivity index (χ1v) is 5.74. The van der Waals surface area contributed by atoms with E-state index in [1.807, 2.05) is 0 Å². The fourth-order valence-corrected chi connectivity index (χ4v) is 2.56. The molecule has 4 nitrogen and oxygen atoms in total. The number of ketones is 3. The topological polar surface area (TPSA) is 71.4 Å². The van der Waals surface area contributed by atoms with Gasteiger partial charge in [0.1, 0.15) is 11.5 Å². The van der Waals surface area contributed by atoms with E-state index in [0.29, 0.717) is 0 Å². The molecule has 4 heteroatoms. The first-order chi connectivity index (χ1) is 8.35. The Bertz CT molecular complexity index is 559. The molecule has 0 amide bonds. The van der Waals surface area contributed by atoms with Crippen molar-refractivity contribution in [1.82, 2.24) is 0 Å². The smallest absolute Gasteiger partial charge is 0.170 e. The Balaban J connectivity index is 2.55. The zero-order valence-corrected chi connectivity index (χ0v) is 10.3. The van der Waals surface area contributed by atoms with Crippen molar-refractivity contribution in [3.05, 3.63) is 29.3 Å². The lowest BCUT2D eigenvalue weighted by Gasteiger charge is -2.31. The van der Waals surface area contributed by atoms with Crippen LogP contribution in [0.5, 0.6) is 5.75 Å². The van der Waals surface area contributed by atoms with Crippen molar-refractivity contribution in [2.24, 2.45) is 5.41 Å². The number of hydrogen-bond acceptors (Lipinski definition) is 4. The van der Waals surface area contributed by atoms with Gasteiger partial charge < -0.3 is 5.11 Å². The van der Waals surface area contributed by atoms with Crippen molar-refractivity contribution in [2.45, 2.75) is 26.7 Å². The van der Waals surface area contributed by atoms with Gasteiger partial charge in [0.05, 0.1) is 5.56 Å². The third kappa shape index (κ3) is 1.83. The SMILES string of the molecule is CC(=O)CC1(C)CC(=O)c2c(O)cccc2C1=O. The number of phenols is 1. The summed E-state index contributed by atoms with van der Waals surface area (Å²) in [6, 6.07) is 4.43. The van der Waals surface area contributed by atoms with Crippen LogP contribution in [0.1, 0.15) is 47.4 Å². The fraction of sp³-hybridized carbons (Fsp3) is 0.357. The molecular formula is C14H14O4. The molecule has 0 aromatic heterocycles. The maximum atomic E-state index is 12.4. The first kappa shape index (κ1) is 12.5. The molecule has 1 atom stereocenters. The molecule has 1 aromatic rings. The minimum absolute atomic E-state index is 0.0318. The highest BCUT2D eigenvalue weighted by molar-refractivity contribution is 6.18. The van der Waals surface area contributed by atoms with Gasteiger partial charge in [-0.25, -0.2) is 0 Å². The van der Waals surface area contributed by atoms with E-state index in [-0.39, 0.29) is 47.1 Å². The molecule has 0 aliphatic heterocycles. The Kier molecular flexibility index (Phi) is 2.81. The van der Waals surface area contributed by atoms with E-state index in [1.54, 1.807) is 6.92 Å². The second-order valence-corrected chi connectivity index (χ2v) is 5.07. The molecule has 0 saturated heterocycles. The Morgan fingerprint density at radius 1 is 1.39 bits per heavy atom. The fourth-order valence-electron chi connectivity index (χ4n) is 2.56. The summed E-state index contributed by atoms with van der Waals surface area (Å²) in [6.45, 7) is 3.03. The second kappa shape index (κ2) is 4.05. The summed E-state index contributed by atoms with van der Waals surface area (Å²) in [5, 5.41) is 9.66. The number of hydrogen-bond donors (Lipinski definition) is 1. The number of carbonyl (C=O) groups is 3. The molecule has 0 radical (unpaired) electrons. The number of benzene rings is 1. The molecule has 0 fully saturated rings. The number of aromatic hydroxyl groups is 1. The van der Waals surface area contributed by atoms with Crippen molar-refractivity contribution in [3.63, 3.8) is 0 Å². The minimum atomic E-state index is -0.982. The molecule has 0 spiro atoms. The highest BCUT2D eigenvalue weighted by Gasteiger charge is 2.43. The van der Waals surface area contributed by atoms with Gasteiger partial charge in [0.25, 0.3) is 0 Å². The van der Waals surface area contributed by atoms with Gasteiger partial charge in [-0.2, -0.15) is 0 Å². The van der Waals surface area contributed by atoms with Crippen molar-refractivity contribution >= 4 is 17.3 Å². The molecular weight excluding hydrogens is 232 g/mol. The molecule has 1 N–H and O–H groups in total. The number of phenolic OH excluding ortho intramolecular Hbond substituents is 1. The van der Waals surface area contributed by atoms with Crippen LogP contribution in [0, 0.1) is 5.41 Å². The average molecular weight is 246 g/mol. The van der Waals surface area contributed by atoms with Crippen LogP contribution in [0.3, 0.4) is 0 Å². The van der Waals surface area contributed by atoms with E-state index in [4.69, 9.17) is 0 Å². The monoisotopic (exact) mass is 246 g/mol. The average Bonchev–Trinajstić information content (AvgIpc) is 2.24. The van der Waals surface area contributed by atoms with Crippen LogP contribution < -0.4 is 0 Å². The van der Waals surface area contributed by atoms with Crippen LogP contribution in [0.4, 0.5) is 0 Å². The molecule has 1 unspecified atom stereocenters. The van der Waals surface area contributed by atoms with Gasteiger partial charge in [-0.15, -0.1) is 0 Å². The summed E-state index contributed by atoms with van der Waals surface area (Å²) in [6.07, 6.45) is 0.0165.